The molecule has 1 N–H and O–H groups in total. The zero-order chi connectivity index (χ0) is 19.1. The van der Waals surface area contributed by atoms with Crippen LogP contribution in [-0.2, 0) is 0 Å². The van der Waals surface area contributed by atoms with Crippen LogP contribution >= 0.6 is 12.2 Å². The molecular weight excluding hydrogens is 352 g/mol. The molecule has 1 saturated heterocycles. The standard InChI is InChI=1S/C22H30N4S/c1-14(2)25-21(20(24-22(25)27)19-11-7-8-12-23-19)18-13-15(3)26(16(18)4)17-9-5-6-10-17/h7-8,11-14,17,20-21H,5-6,9-10H2,1-4H3,(H,24,27)/t20-,21-/m0/s1. The summed E-state index contributed by atoms with van der Waals surface area (Å²) in [6.07, 6.45) is 7.17. The van der Waals surface area contributed by atoms with E-state index in [1.165, 1.54) is 42.6 Å². The maximum Gasteiger partial charge on any atom is 0.170 e. The van der Waals surface area contributed by atoms with Gasteiger partial charge in [-0.05, 0) is 76.5 Å². The molecular formula is C22H30N4S. The van der Waals surface area contributed by atoms with Crippen molar-refractivity contribution in [1.29, 1.82) is 0 Å². The topological polar surface area (TPSA) is 33.1 Å². The second-order valence-electron chi connectivity index (χ2n) is 8.26. The lowest BCUT2D eigenvalue weighted by Gasteiger charge is -2.31. The van der Waals surface area contributed by atoms with E-state index in [2.05, 4.69) is 65.7 Å². The summed E-state index contributed by atoms with van der Waals surface area (Å²) < 4.78 is 2.58. The molecule has 3 heterocycles. The first-order valence-corrected chi connectivity index (χ1v) is 10.6. The van der Waals surface area contributed by atoms with Crippen molar-refractivity contribution in [3.05, 3.63) is 53.1 Å². The Hall–Kier alpha value is -1.88. The monoisotopic (exact) mass is 382 g/mol. The first kappa shape index (κ1) is 18.5. The van der Waals surface area contributed by atoms with Gasteiger partial charge in [0.25, 0.3) is 0 Å². The summed E-state index contributed by atoms with van der Waals surface area (Å²) in [6.45, 7) is 8.98. The number of nitrogens with zero attached hydrogens (tertiary/aromatic N) is 3. The number of pyridine rings is 1. The Morgan fingerprint density at radius 3 is 2.56 bits per heavy atom. The summed E-state index contributed by atoms with van der Waals surface area (Å²) >= 11 is 5.74. The predicted octanol–water partition coefficient (Wildman–Crippen LogP) is 5.00. The highest BCUT2D eigenvalue weighted by Gasteiger charge is 2.42. The Balaban J connectivity index is 1.80. The summed E-state index contributed by atoms with van der Waals surface area (Å²) in [5.41, 5.74) is 5.20. The number of thiocarbonyl (C=S) groups is 1. The van der Waals surface area contributed by atoms with Crippen LogP contribution in [0.4, 0.5) is 0 Å². The van der Waals surface area contributed by atoms with Crippen LogP contribution in [0.15, 0.2) is 30.5 Å². The average molecular weight is 383 g/mol. The fraction of sp³-hybridized carbons (Fsp3) is 0.545. The van der Waals surface area contributed by atoms with Gasteiger partial charge in [0.15, 0.2) is 5.11 Å². The quantitative estimate of drug-likeness (QED) is 0.755. The van der Waals surface area contributed by atoms with Crippen molar-refractivity contribution in [2.24, 2.45) is 0 Å². The predicted molar refractivity (Wildman–Crippen MR) is 114 cm³/mol. The second kappa shape index (κ2) is 7.27. The molecule has 0 radical (unpaired) electrons. The SMILES string of the molecule is Cc1cc([C@H]2[C@H](c3ccccn3)NC(=S)N2C(C)C)c(C)n1C1CCCC1. The van der Waals surface area contributed by atoms with Gasteiger partial charge >= 0.3 is 0 Å². The lowest BCUT2D eigenvalue weighted by molar-refractivity contribution is 0.268. The number of aromatic nitrogens is 2. The van der Waals surface area contributed by atoms with Gasteiger partial charge in [-0.15, -0.1) is 0 Å². The van der Waals surface area contributed by atoms with Gasteiger partial charge in [0, 0.05) is 29.7 Å². The fourth-order valence-corrected chi connectivity index (χ4v) is 5.53. The molecule has 1 aliphatic carbocycles. The third-order valence-corrected chi connectivity index (χ3v) is 6.55. The molecule has 2 atom stereocenters. The average Bonchev–Trinajstić information content (AvgIpc) is 3.34. The Morgan fingerprint density at radius 1 is 1.19 bits per heavy atom. The molecule has 2 fully saturated rings. The van der Waals surface area contributed by atoms with Gasteiger partial charge in [-0.1, -0.05) is 18.9 Å². The fourth-order valence-electron chi connectivity index (χ4n) is 5.08. The summed E-state index contributed by atoms with van der Waals surface area (Å²) in [4.78, 5) is 7.00. The summed E-state index contributed by atoms with van der Waals surface area (Å²) in [6, 6.07) is 9.76. The molecule has 0 amide bonds. The molecule has 0 aromatic carbocycles. The van der Waals surface area contributed by atoms with Gasteiger partial charge in [-0.25, -0.2) is 0 Å². The molecule has 0 bridgehead atoms. The van der Waals surface area contributed by atoms with Crippen LogP contribution in [0.1, 0.15) is 80.3 Å². The number of aryl methyl sites for hydroxylation is 1. The Morgan fingerprint density at radius 2 is 1.93 bits per heavy atom. The molecule has 1 aliphatic heterocycles. The van der Waals surface area contributed by atoms with Crippen molar-refractivity contribution in [3.8, 4) is 0 Å². The molecule has 4 nitrogen and oxygen atoms in total. The molecule has 2 aromatic heterocycles. The largest absolute Gasteiger partial charge is 0.352 e. The van der Waals surface area contributed by atoms with E-state index in [0.717, 1.165) is 10.8 Å². The summed E-state index contributed by atoms with van der Waals surface area (Å²) in [5.74, 6) is 0. The number of hydrogen-bond donors (Lipinski definition) is 1. The first-order valence-electron chi connectivity index (χ1n) is 10.2. The third-order valence-electron chi connectivity index (χ3n) is 6.22. The van der Waals surface area contributed by atoms with Gasteiger partial charge in [-0.3, -0.25) is 4.98 Å². The number of nitrogens with one attached hydrogen (secondary N) is 1. The van der Waals surface area contributed by atoms with Gasteiger partial charge < -0.3 is 14.8 Å². The molecule has 0 unspecified atom stereocenters. The highest BCUT2D eigenvalue weighted by molar-refractivity contribution is 7.80. The lowest BCUT2D eigenvalue weighted by atomic mass is 9.96. The molecule has 144 valence electrons. The van der Waals surface area contributed by atoms with E-state index < -0.39 is 0 Å². The van der Waals surface area contributed by atoms with Crippen molar-refractivity contribution in [2.75, 3.05) is 0 Å². The van der Waals surface area contributed by atoms with Crippen LogP contribution < -0.4 is 5.32 Å². The minimum atomic E-state index is 0.0821. The molecule has 5 heteroatoms. The zero-order valence-electron chi connectivity index (χ0n) is 16.8. The Bertz CT molecular complexity index is 820. The van der Waals surface area contributed by atoms with E-state index >= 15 is 0 Å². The normalized spacial score (nSPS) is 23.4. The number of rotatable bonds is 4. The second-order valence-corrected chi connectivity index (χ2v) is 8.65. The molecule has 4 rings (SSSR count). The highest BCUT2D eigenvalue weighted by Crippen LogP contribution is 2.43. The van der Waals surface area contributed by atoms with Crippen molar-refractivity contribution in [2.45, 2.75) is 77.5 Å². The van der Waals surface area contributed by atoms with Crippen molar-refractivity contribution in [3.63, 3.8) is 0 Å². The van der Waals surface area contributed by atoms with Crippen LogP contribution in [-0.4, -0.2) is 25.6 Å². The van der Waals surface area contributed by atoms with Crippen LogP contribution in [0.2, 0.25) is 0 Å². The molecule has 1 saturated carbocycles. The van der Waals surface area contributed by atoms with Crippen molar-refractivity contribution >= 4 is 17.3 Å². The van der Waals surface area contributed by atoms with Crippen LogP contribution in [0.25, 0.3) is 0 Å². The third kappa shape index (κ3) is 3.16. The van der Waals surface area contributed by atoms with Crippen LogP contribution in [0.3, 0.4) is 0 Å². The molecule has 2 aromatic rings. The highest BCUT2D eigenvalue weighted by atomic mass is 32.1. The molecule has 27 heavy (non-hydrogen) atoms. The van der Waals surface area contributed by atoms with Crippen LogP contribution in [0, 0.1) is 13.8 Å². The van der Waals surface area contributed by atoms with Crippen molar-refractivity contribution < 1.29 is 0 Å². The van der Waals surface area contributed by atoms with Gasteiger partial charge in [0.05, 0.1) is 17.8 Å². The van der Waals surface area contributed by atoms with E-state index in [1.807, 2.05) is 12.3 Å². The van der Waals surface area contributed by atoms with Gasteiger partial charge in [-0.2, -0.15) is 0 Å². The van der Waals surface area contributed by atoms with E-state index in [0.29, 0.717) is 12.1 Å². The maximum atomic E-state index is 5.74. The molecule has 0 spiro atoms. The van der Waals surface area contributed by atoms with Crippen molar-refractivity contribution in [1.82, 2.24) is 19.8 Å². The summed E-state index contributed by atoms with van der Waals surface area (Å²) in [5, 5.41) is 4.39. The summed E-state index contributed by atoms with van der Waals surface area (Å²) in [7, 11) is 0. The minimum Gasteiger partial charge on any atom is -0.352 e. The Labute approximate surface area is 168 Å². The smallest absolute Gasteiger partial charge is 0.170 e. The zero-order valence-corrected chi connectivity index (χ0v) is 17.6. The number of hydrogen-bond acceptors (Lipinski definition) is 2. The van der Waals surface area contributed by atoms with Gasteiger partial charge in [0.2, 0.25) is 0 Å². The van der Waals surface area contributed by atoms with E-state index in [-0.39, 0.29) is 12.1 Å². The lowest BCUT2D eigenvalue weighted by Crippen LogP contribution is -2.35. The Kier molecular flexibility index (Phi) is 4.97. The van der Waals surface area contributed by atoms with E-state index in [1.54, 1.807) is 0 Å². The minimum absolute atomic E-state index is 0.0821. The van der Waals surface area contributed by atoms with Crippen LogP contribution in [0.5, 0.6) is 0 Å². The molecule has 2 aliphatic rings. The van der Waals surface area contributed by atoms with E-state index in [4.69, 9.17) is 12.2 Å². The van der Waals surface area contributed by atoms with E-state index in [9.17, 15) is 0 Å². The first-order chi connectivity index (χ1) is 13.0. The maximum absolute atomic E-state index is 5.74. The van der Waals surface area contributed by atoms with Gasteiger partial charge in [0.1, 0.15) is 0 Å².